The molecule has 0 spiro atoms. The molecule has 1 aliphatic rings. The van der Waals surface area contributed by atoms with Crippen molar-refractivity contribution in [1.82, 2.24) is 4.31 Å². The molecule has 2 heteroatoms. The second-order valence-electron chi connectivity index (χ2n) is 1.85. The van der Waals surface area contributed by atoms with Gasteiger partial charge in [0.05, 0.1) is 6.04 Å². The van der Waals surface area contributed by atoms with Gasteiger partial charge in [-0.15, -0.1) is 0 Å². The number of nitrogens with zero attached hydrogens (tertiary/aromatic N) is 1. The van der Waals surface area contributed by atoms with Gasteiger partial charge in [0.2, 0.25) is 0 Å². The van der Waals surface area contributed by atoms with Crippen LogP contribution >= 0.6 is 12.8 Å². The zero-order chi connectivity index (χ0) is 5.98. The SMILES string of the molecule is CC1C=CC=CN1S. The molecule has 1 heterocycles. The quantitative estimate of drug-likeness (QED) is 0.484. The van der Waals surface area contributed by atoms with E-state index in [0.717, 1.165) is 0 Å². The summed E-state index contributed by atoms with van der Waals surface area (Å²) < 4.78 is 1.86. The summed E-state index contributed by atoms with van der Waals surface area (Å²) in [6.07, 6.45) is 8.02. The zero-order valence-corrected chi connectivity index (χ0v) is 5.68. The Hall–Kier alpha value is -0.370. The van der Waals surface area contributed by atoms with Crippen molar-refractivity contribution < 1.29 is 0 Å². The Morgan fingerprint density at radius 2 is 2.25 bits per heavy atom. The van der Waals surface area contributed by atoms with Crippen LogP contribution in [0.3, 0.4) is 0 Å². The van der Waals surface area contributed by atoms with Gasteiger partial charge in [0.15, 0.2) is 0 Å². The fourth-order valence-corrected chi connectivity index (χ4v) is 0.741. The molecule has 1 rings (SSSR count). The van der Waals surface area contributed by atoms with E-state index < -0.39 is 0 Å². The number of rotatable bonds is 0. The molecule has 44 valence electrons. The van der Waals surface area contributed by atoms with E-state index in [0.29, 0.717) is 6.04 Å². The number of thiol groups is 1. The third kappa shape index (κ3) is 1.07. The van der Waals surface area contributed by atoms with E-state index in [1.807, 2.05) is 22.7 Å². The smallest absolute Gasteiger partial charge is 0.0552 e. The van der Waals surface area contributed by atoms with E-state index in [-0.39, 0.29) is 0 Å². The lowest BCUT2D eigenvalue weighted by molar-refractivity contribution is 0.555. The van der Waals surface area contributed by atoms with Crippen molar-refractivity contribution in [2.45, 2.75) is 13.0 Å². The predicted molar refractivity (Wildman–Crippen MR) is 38.6 cm³/mol. The van der Waals surface area contributed by atoms with Gasteiger partial charge >= 0.3 is 0 Å². The molecule has 0 radical (unpaired) electrons. The Balaban J connectivity index is 2.59. The maximum Gasteiger partial charge on any atom is 0.0552 e. The average molecular weight is 127 g/mol. The van der Waals surface area contributed by atoms with Crippen LogP contribution in [0.1, 0.15) is 6.92 Å². The highest BCUT2D eigenvalue weighted by atomic mass is 32.1. The van der Waals surface area contributed by atoms with Crippen LogP contribution in [0.2, 0.25) is 0 Å². The summed E-state index contributed by atoms with van der Waals surface area (Å²) in [7, 11) is 0. The largest absolute Gasteiger partial charge is 0.319 e. The minimum Gasteiger partial charge on any atom is -0.319 e. The van der Waals surface area contributed by atoms with Crippen molar-refractivity contribution in [3.63, 3.8) is 0 Å². The molecule has 0 fully saturated rings. The standard InChI is InChI=1S/C6H9NS/c1-6-4-2-3-5-7(6)8/h2-6,8H,1H3. The summed E-state index contributed by atoms with van der Waals surface area (Å²) in [6, 6.07) is 0.434. The van der Waals surface area contributed by atoms with Gasteiger partial charge in [-0.1, -0.05) is 25.0 Å². The van der Waals surface area contributed by atoms with Crippen LogP contribution in [0.25, 0.3) is 0 Å². The van der Waals surface area contributed by atoms with Gasteiger partial charge in [-0.2, -0.15) is 0 Å². The van der Waals surface area contributed by atoms with Crippen LogP contribution < -0.4 is 0 Å². The molecule has 0 aromatic heterocycles. The second-order valence-corrected chi connectivity index (χ2v) is 2.31. The maximum absolute atomic E-state index is 4.15. The molecular weight excluding hydrogens is 118 g/mol. The third-order valence-corrected chi connectivity index (χ3v) is 1.65. The Kier molecular flexibility index (Phi) is 1.63. The monoisotopic (exact) mass is 127 g/mol. The molecule has 0 saturated carbocycles. The van der Waals surface area contributed by atoms with Crippen LogP contribution in [0, 0.1) is 0 Å². The van der Waals surface area contributed by atoms with Crippen LogP contribution in [0.15, 0.2) is 24.4 Å². The molecule has 1 unspecified atom stereocenters. The molecule has 8 heavy (non-hydrogen) atoms. The summed E-state index contributed by atoms with van der Waals surface area (Å²) in [6.45, 7) is 2.09. The molecule has 0 N–H and O–H groups in total. The van der Waals surface area contributed by atoms with Crippen LogP contribution in [-0.2, 0) is 0 Å². The number of hydrogen-bond acceptors (Lipinski definition) is 2. The van der Waals surface area contributed by atoms with Gasteiger partial charge in [0.1, 0.15) is 0 Å². The van der Waals surface area contributed by atoms with Crippen LogP contribution in [-0.4, -0.2) is 10.3 Å². The van der Waals surface area contributed by atoms with Crippen molar-refractivity contribution in [2.24, 2.45) is 0 Å². The first-order valence-electron chi connectivity index (χ1n) is 2.63. The van der Waals surface area contributed by atoms with E-state index in [2.05, 4.69) is 25.8 Å². The zero-order valence-electron chi connectivity index (χ0n) is 4.78. The lowest BCUT2D eigenvalue weighted by Gasteiger charge is -2.19. The highest BCUT2D eigenvalue weighted by Gasteiger charge is 2.01. The molecule has 0 amide bonds. The van der Waals surface area contributed by atoms with E-state index in [1.54, 1.807) is 0 Å². The molecule has 0 aromatic rings. The first-order chi connectivity index (χ1) is 3.80. The predicted octanol–water partition coefficient (Wildman–Crippen LogP) is 1.61. The first kappa shape index (κ1) is 5.76. The maximum atomic E-state index is 4.15. The minimum absolute atomic E-state index is 0.434. The Morgan fingerprint density at radius 1 is 1.50 bits per heavy atom. The van der Waals surface area contributed by atoms with Gasteiger partial charge < -0.3 is 4.31 Å². The van der Waals surface area contributed by atoms with Crippen molar-refractivity contribution in [1.29, 1.82) is 0 Å². The van der Waals surface area contributed by atoms with Gasteiger partial charge in [0.25, 0.3) is 0 Å². The molecule has 1 aliphatic heterocycles. The van der Waals surface area contributed by atoms with Gasteiger partial charge in [-0.05, 0) is 13.0 Å². The molecule has 1 atom stereocenters. The summed E-state index contributed by atoms with van der Waals surface area (Å²) in [5.41, 5.74) is 0. The van der Waals surface area contributed by atoms with E-state index >= 15 is 0 Å². The van der Waals surface area contributed by atoms with E-state index in [4.69, 9.17) is 0 Å². The topological polar surface area (TPSA) is 3.24 Å². The van der Waals surface area contributed by atoms with Crippen molar-refractivity contribution >= 4 is 12.8 Å². The fourth-order valence-electron chi connectivity index (χ4n) is 0.587. The van der Waals surface area contributed by atoms with Gasteiger partial charge in [-0.25, -0.2) is 0 Å². The van der Waals surface area contributed by atoms with Crippen molar-refractivity contribution in [2.75, 3.05) is 0 Å². The summed E-state index contributed by atoms with van der Waals surface area (Å²) in [5.74, 6) is 0. The van der Waals surface area contributed by atoms with Crippen LogP contribution in [0.4, 0.5) is 0 Å². The molecule has 0 bridgehead atoms. The summed E-state index contributed by atoms with van der Waals surface area (Å²) in [5, 5.41) is 0. The molecule has 1 nitrogen and oxygen atoms in total. The van der Waals surface area contributed by atoms with Crippen molar-refractivity contribution in [3.05, 3.63) is 24.4 Å². The Bertz CT molecular complexity index is 112. The third-order valence-electron chi connectivity index (χ3n) is 1.16. The number of hydrogen-bond donors (Lipinski definition) is 1. The van der Waals surface area contributed by atoms with Crippen molar-refractivity contribution in [3.8, 4) is 0 Å². The molecule has 0 aromatic carbocycles. The summed E-state index contributed by atoms with van der Waals surface area (Å²) in [4.78, 5) is 0. The normalized spacial score (nSPS) is 26.8. The van der Waals surface area contributed by atoms with E-state index in [1.165, 1.54) is 0 Å². The van der Waals surface area contributed by atoms with Gasteiger partial charge in [-0.3, -0.25) is 0 Å². The van der Waals surface area contributed by atoms with Gasteiger partial charge in [0, 0.05) is 6.20 Å². The lowest BCUT2D eigenvalue weighted by atomic mass is 10.2. The highest BCUT2D eigenvalue weighted by Crippen LogP contribution is 2.08. The average Bonchev–Trinajstić information content (AvgIpc) is 1.77. The fraction of sp³-hybridized carbons (Fsp3) is 0.333. The molecule has 0 aliphatic carbocycles. The first-order valence-corrected chi connectivity index (χ1v) is 3.03. The Morgan fingerprint density at radius 3 is 2.62 bits per heavy atom. The van der Waals surface area contributed by atoms with Crippen LogP contribution in [0.5, 0.6) is 0 Å². The second kappa shape index (κ2) is 2.27. The summed E-state index contributed by atoms with van der Waals surface area (Å²) >= 11 is 4.15. The highest BCUT2D eigenvalue weighted by molar-refractivity contribution is 7.77. The molecular formula is C6H9NS. The lowest BCUT2D eigenvalue weighted by Crippen LogP contribution is -2.17. The number of allylic oxidation sites excluding steroid dienone is 2. The Labute approximate surface area is 55.2 Å². The minimum atomic E-state index is 0.434. The van der Waals surface area contributed by atoms with E-state index in [9.17, 15) is 0 Å². The molecule has 0 saturated heterocycles.